The minimum atomic E-state index is -0.947. The molecular weight excluding hydrogens is 296 g/mol. The number of hydrogen-bond donors (Lipinski definition) is 1. The molecule has 0 aliphatic rings. The SMILES string of the molecule is NC(=O)Oc1cc(-c2ccc(OCc3ccccc3)cc2)no1. The van der Waals surface area contributed by atoms with Crippen molar-refractivity contribution in [1.29, 1.82) is 0 Å². The van der Waals surface area contributed by atoms with Gasteiger partial charge in [-0.1, -0.05) is 35.5 Å². The lowest BCUT2D eigenvalue weighted by Gasteiger charge is -2.06. The summed E-state index contributed by atoms with van der Waals surface area (Å²) < 4.78 is 15.2. The van der Waals surface area contributed by atoms with Gasteiger partial charge in [-0.2, -0.15) is 0 Å². The Morgan fingerprint density at radius 3 is 2.52 bits per heavy atom. The fourth-order valence-corrected chi connectivity index (χ4v) is 2.00. The lowest BCUT2D eigenvalue weighted by Crippen LogP contribution is -2.15. The van der Waals surface area contributed by atoms with Gasteiger partial charge in [-0.3, -0.25) is 0 Å². The Kier molecular flexibility index (Phi) is 4.24. The maximum atomic E-state index is 10.6. The summed E-state index contributed by atoms with van der Waals surface area (Å²) in [5, 5.41) is 3.81. The average Bonchev–Trinajstić information content (AvgIpc) is 3.02. The molecule has 2 aromatic carbocycles. The number of nitrogens with two attached hydrogens (primary N) is 1. The third-order valence-electron chi connectivity index (χ3n) is 3.09. The molecule has 6 nitrogen and oxygen atoms in total. The molecule has 2 N–H and O–H groups in total. The van der Waals surface area contributed by atoms with E-state index in [1.54, 1.807) is 0 Å². The zero-order valence-electron chi connectivity index (χ0n) is 12.1. The summed E-state index contributed by atoms with van der Waals surface area (Å²) in [6.07, 6.45) is -0.947. The van der Waals surface area contributed by atoms with Crippen LogP contribution in [-0.2, 0) is 6.61 Å². The molecule has 0 aliphatic heterocycles. The van der Waals surface area contributed by atoms with Crippen LogP contribution in [0.5, 0.6) is 11.7 Å². The normalized spacial score (nSPS) is 10.3. The second-order valence-electron chi connectivity index (χ2n) is 4.75. The first-order chi connectivity index (χ1) is 11.2. The molecule has 0 spiro atoms. The molecule has 6 heteroatoms. The highest BCUT2D eigenvalue weighted by Crippen LogP contribution is 2.25. The van der Waals surface area contributed by atoms with Crippen LogP contribution in [-0.4, -0.2) is 11.2 Å². The van der Waals surface area contributed by atoms with Crippen LogP contribution in [0.25, 0.3) is 11.3 Å². The van der Waals surface area contributed by atoms with E-state index in [0.717, 1.165) is 16.9 Å². The summed E-state index contributed by atoms with van der Waals surface area (Å²) in [6, 6.07) is 18.8. The van der Waals surface area contributed by atoms with E-state index < -0.39 is 6.09 Å². The Morgan fingerprint density at radius 2 is 1.83 bits per heavy atom. The fraction of sp³-hybridized carbons (Fsp3) is 0.0588. The summed E-state index contributed by atoms with van der Waals surface area (Å²) in [5.74, 6) is 0.701. The van der Waals surface area contributed by atoms with Gasteiger partial charge < -0.3 is 19.7 Å². The molecule has 1 amide bonds. The highest BCUT2D eigenvalue weighted by atomic mass is 16.7. The molecule has 0 unspecified atom stereocenters. The Hall–Kier alpha value is -3.28. The molecular formula is C17H14N2O4. The van der Waals surface area contributed by atoms with E-state index in [-0.39, 0.29) is 5.95 Å². The number of amides is 1. The molecule has 0 saturated carbocycles. The van der Waals surface area contributed by atoms with Crippen LogP contribution < -0.4 is 15.2 Å². The van der Waals surface area contributed by atoms with Crippen LogP contribution in [0.15, 0.2) is 65.2 Å². The molecule has 0 radical (unpaired) electrons. The van der Waals surface area contributed by atoms with Crippen molar-refractivity contribution in [3.8, 4) is 23.0 Å². The summed E-state index contributed by atoms with van der Waals surface area (Å²) in [5.41, 5.74) is 7.35. The van der Waals surface area contributed by atoms with Gasteiger partial charge in [0, 0.05) is 5.56 Å². The van der Waals surface area contributed by atoms with Crippen LogP contribution in [0.1, 0.15) is 5.56 Å². The summed E-state index contributed by atoms with van der Waals surface area (Å²) in [6.45, 7) is 0.501. The molecule has 1 aromatic heterocycles. The first-order valence-corrected chi connectivity index (χ1v) is 6.92. The van der Waals surface area contributed by atoms with Crippen molar-refractivity contribution >= 4 is 6.09 Å². The van der Waals surface area contributed by atoms with E-state index in [9.17, 15) is 4.79 Å². The number of rotatable bonds is 5. The van der Waals surface area contributed by atoms with Crippen LogP contribution in [0.4, 0.5) is 4.79 Å². The maximum absolute atomic E-state index is 10.6. The molecule has 116 valence electrons. The number of benzene rings is 2. The van der Waals surface area contributed by atoms with E-state index in [0.29, 0.717) is 12.3 Å². The number of aromatic nitrogens is 1. The minimum absolute atomic E-state index is 0.0445. The van der Waals surface area contributed by atoms with Gasteiger partial charge in [-0.25, -0.2) is 4.79 Å². The van der Waals surface area contributed by atoms with E-state index in [2.05, 4.69) is 9.89 Å². The fourth-order valence-electron chi connectivity index (χ4n) is 2.00. The maximum Gasteiger partial charge on any atom is 0.412 e. The topological polar surface area (TPSA) is 87.6 Å². The number of nitrogens with zero attached hydrogens (tertiary/aromatic N) is 1. The Labute approximate surface area is 132 Å². The van der Waals surface area contributed by atoms with Crippen LogP contribution in [0, 0.1) is 0 Å². The zero-order chi connectivity index (χ0) is 16.1. The quantitative estimate of drug-likeness (QED) is 0.780. The summed E-state index contributed by atoms with van der Waals surface area (Å²) in [4.78, 5) is 10.6. The van der Waals surface area contributed by atoms with Crippen molar-refractivity contribution in [3.63, 3.8) is 0 Å². The van der Waals surface area contributed by atoms with Crippen molar-refractivity contribution in [2.75, 3.05) is 0 Å². The van der Waals surface area contributed by atoms with Gasteiger partial charge in [0.25, 0.3) is 0 Å². The van der Waals surface area contributed by atoms with Crippen LogP contribution in [0.3, 0.4) is 0 Å². The predicted octanol–water partition coefficient (Wildman–Crippen LogP) is 3.38. The molecule has 3 rings (SSSR count). The number of carbonyl (C=O) groups excluding carboxylic acids is 1. The molecule has 0 atom stereocenters. The van der Waals surface area contributed by atoms with Gasteiger partial charge in [0.05, 0.1) is 6.07 Å². The molecule has 23 heavy (non-hydrogen) atoms. The van der Waals surface area contributed by atoms with Crippen molar-refractivity contribution in [1.82, 2.24) is 5.16 Å². The number of carbonyl (C=O) groups is 1. The lowest BCUT2D eigenvalue weighted by molar-refractivity contribution is 0.190. The molecule has 0 bridgehead atoms. The van der Waals surface area contributed by atoms with Gasteiger partial charge in [0.15, 0.2) is 0 Å². The largest absolute Gasteiger partial charge is 0.489 e. The van der Waals surface area contributed by atoms with Crippen molar-refractivity contribution < 1.29 is 18.8 Å². The molecule has 3 aromatic rings. The van der Waals surface area contributed by atoms with E-state index in [1.165, 1.54) is 6.07 Å². The Bertz CT molecular complexity index is 782. The zero-order valence-corrected chi connectivity index (χ0v) is 12.1. The monoisotopic (exact) mass is 310 g/mol. The Morgan fingerprint density at radius 1 is 1.09 bits per heavy atom. The first kappa shape index (κ1) is 14.6. The molecule has 1 heterocycles. The standard InChI is InChI=1S/C17H14N2O4/c18-17(20)22-16-10-15(19-23-16)13-6-8-14(9-7-13)21-11-12-4-2-1-3-5-12/h1-10H,11H2,(H2,18,20). The smallest absolute Gasteiger partial charge is 0.412 e. The van der Waals surface area contributed by atoms with Crippen LogP contribution >= 0.6 is 0 Å². The minimum Gasteiger partial charge on any atom is -0.489 e. The van der Waals surface area contributed by atoms with Gasteiger partial charge >= 0.3 is 12.0 Å². The van der Waals surface area contributed by atoms with Crippen molar-refractivity contribution in [2.24, 2.45) is 5.73 Å². The van der Waals surface area contributed by atoms with E-state index in [4.69, 9.17) is 15.0 Å². The third kappa shape index (κ3) is 3.88. The van der Waals surface area contributed by atoms with Gasteiger partial charge in [-0.05, 0) is 29.8 Å². The van der Waals surface area contributed by atoms with Crippen molar-refractivity contribution in [3.05, 3.63) is 66.2 Å². The lowest BCUT2D eigenvalue weighted by atomic mass is 10.1. The van der Waals surface area contributed by atoms with Gasteiger partial charge in [0.1, 0.15) is 18.1 Å². The van der Waals surface area contributed by atoms with E-state index >= 15 is 0 Å². The van der Waals surface area contributed by atoms with Crippen molar-refractivity contribution in [2.45, 2.75) is 6.61 Å². The summed E-state index contributed by atoms with van der Waals surface area (Å²) in [7, 11) is 0. The number of hydrogen-bond acceptors (Lipinski definition) is 5. The summed E-state index contributed by atoms with van der Waals surface area (Å²) >= 11 is 0. The molecule has 0 saturated heterocycles. The van der Waals surface area contributed by atoms with Gasteiger partial charge in [-0.15, -0.1) is 0 Å². The van der Waals surface area contributed by atoms with E-state index in [1.807, 2.05) is 54.6 Å². The first-order valence-electron chi connectivity index (χ1n) is 6.92. The second-order valence-corrected chi connectivity index (χ2v) is 4.75. The Balaban J connectivity index is 1.64. The molecule has 0 fully saturated rings. The van der Waals surface area contributed by atoms with Gasteiger partial charge in [0.2, 0.25) is 0 Å². The van der Waals surface area contributed by atoms with Crippen LogP contribution in [0.2, 0.25) is 0 Å². The number of primary amides is 1. The highest BCUT2D eigenvalue weighted by molar-refractivity contribution is 5.68. The number of ether oxygens (including phenoxy) is 2. The molecule has 0 aliphatic carbocycles. The average molecular weight is 310 g/mol. The second kappa shape index (κ2) is 6.65. The highest BCUT2D eigenvalue weighted by Gasteiger charge is 2.09. The predicted molar refractivity (Wildman–Crippen MR) is 82.9 cm³/mol. The third-order valence-corrected chi connectivity index (χ3v) is 3.09.